The third-order valence-electron chi connectivity index (χ3n) is 2.15. The largest absolute Gasteiger partial charge is 0.322 e. The Morgan fingerprint density at radius 3 is 2.64 bits per heavy atom. The standard InChI is InChI=1S/C10H9N3O/c11-12-10-8-4-2-1-3-7(8)5-6-9(10)13-14/h1-6,12H,11H2. The van der Waals surface area contributed by atoms with Gasteiger partial charge < -0.3 is 5.43 Å². The topological polar surface area (TPSA) is 67.5 Å². The summed E-state index contributed by atoms with van der Waals surface area (Å²) in [6, 6.07) is 11.1. The maximum atomic E-state index is 10.5. The first kappa shape index (κ1) is 8.65. The van der Waals surface area contributed by atoms with Gasteiger partial charge in [-0.3, -0.25) is 5.84 Å². The molecule has 2 rings (SSSR count). The lowest BCUT2D eigenvalue weighted by Crippen LogP contribution is -2.07. The number of hydrogen-bond acceptors (Lipinski definition) is 4. The van der Waals surface area contributed by atoms with Crippen molar-refractivity contribution < 1.29 is 0 Å². The van der Waals surface area contributed by atoms with Crippen molar-refractivity contribution in [3.05, 3.63) is 41.3 Å². The van der Waals surface area contributed by atoms with Gasteiger partial charge in [0.05, 0.1) is 5.69 Å². The molecule has 0 aliphatic heterocycles. The van der Waals surface area contributed by atoms with Gasteiger partial charge in [0.15, 0.2) is 0 Å². The van der Waals surface area contributed by atoms with Crippen LogP contribution in [0.3, 0.4) is 0 Å². The van der Waals surface area contributed by atoms with Gasteiger partial charge in [-0.2, -0.15) is 0 Å². The fourth-order valence-electron chi connectivity index (χ4n) is 1.49. The van der Waals surface area contributed by atoms with Crippen LogP contribution in [0.15, 0.2) is 41.6 Å². The van der Waals surface area contributed by atoms with Crippen LogP contribution in [0.5, 0.6) is 0 Å². The van der Waals surface area contributed by atoms with Crippen LogP contribution in [0.2, 0.25) is 0 Å². The highest BCUT2D eigenvalue weighted by Gasteiger charge is 2.05. The molecule has 2 aromatic rings. The molecule has 4 nitrogen and oxygen atoms in total. The van der Waals surface area contributed by atoms with Crippen molar-refractivity contribution in [1.29, 1.82) is 0 Å². The van der Waals surface area contributed by atoms with Crippen molar-refractivity contribution in [2.45, 2.75) is 0 Å². The second-order valence-corrected chi connectivity index (χ2v) is 2.92. The van der Waals surface area contributed by atoms with Crippen LogP contribution in [0, 0.1) is 4.91 Å². The van der Waals surface area contributed by atoms with E-state index in [9.17, 15) is 4.91 Å². The number of nitrogens with one attached hydrogen (secondary N) is 1. The quantitative estimate of drug-likeness (QED) is 0.431. The normalized spacial score (nSPS) is 10.1. The molecule has 0 atom stereocenters. The van der Waals surface area contributed by atoms with E-state index in [1.807, 2.05) is 30.3 Å². The highest BCUT2D eigenvalue weighted by molar-refractivity contribution is 5.99. The van der Waals surface area contributed by atoms with E-state index in [1.165, 1.54) is 0 Å². The zero-order chi connectivity index (χ0) is 9.97. The van der Waals surface area contributed by atoms with E-state index >= 15 is 0 Å². The maximum absolute atomic E-state index is 10.5. The van der Waals surface area contributed by atoms with Crippen LogP contribution >= 0.6 is 0 Å². The first-order chi connectivity index (χ1) is 6.86. The zero-order valence-corrected chi connectivity index (χ0v) is 7.40. The summed E-state index contributed by atoms with van der Waals surface area (Å²) in [5.74, 6) is 5.34. The van der Waals surface area contributed by atoms with Gasteiger partial charge in [0.1, 0.15) is 5.69 Å². The Hall–Kier alpha value is -1.94. The van der Waals surface area contributed by atoms with Crippen molar-refractivity contribution >= 4 is 22.1 Å². The minimum absolute atomic E-state index is 0.325. The average molecular weight is 187 g/mol. The lowest BCUT2D eigenvalue weighted by Gasteiger charge is -2.06. The van der Waals surface area contributed by atoms with Gasteiger partial charge in [-0.1, -0.05) is 30.3 Å². The molecule has 3 N–H and O–H groups in total. The molecule has 0 amide bonds. The fourth-order valence-corrected chi connectivity index (χ4v) is 1.49. The molecule has 70 valence electrons. The number of rotatable bonds is 2. The number of nitrogens with two attached hydrogens (primary N) is 1. The molecule has 0 bridgehead atoms. The van der Waals surface area contributed by atoms with Crippen LogP contribution < -0.4 is 11.3 Å². The molecule has 0 aliphatic rings. The van der Waals surface area contributed by atoms with Crippen molar-refractivity contribution in [1.82, 2.24) is 0 Å². The van der Waals surface area contributed by atoms with Crippen LogP contribution in [0.25, 0.3) is 10.8 Å². The number of fused-ring (bicyclic) bond motifs is 1. The molecule has 0 heterocycles. The number of hydrogen-bond donors (Lipinski definition) is 2. The van der Waals surface area contributed by atoms with E-state index in [1.54, 1.807) is 6.07 Å². The highest BCUT2D eigenvalue weighted by Crippen LogP contribution is 2.32. The summed E-state index contributed by atoms with van der Waals surface area (Å²) in [6.07, 6.45) is 0. The molecule has 0 spiro atoms. The number of nitrogens with zero attached hydrogens (tertiary/aromatic N) is 1. The van der Waals surface area contributed by atoms with Crippen LogP contribution in [0.4, 0.5) is 11.4 Å². The van der Waals surface area contributed by atoms with Gasteiger partial charge in [-0.15, -0.1) is 4.91 Å². The monoisotopic (exact) mass is 187 g/mol. The molecular weight excluding hydrogens is 178 g/mol. The zero-order valence-electron chi connectivity index (χ0n) is 7.40. The second-order valence-electron chi connectivity index (χ2n) is 2.92. The minimum atomic E-state index is 0.325. The first-order valence-corrected chi connectivity index (χ1v) is 4.18. The summed E-state index contributed by atoms with van der Waals surface area (Å²) < 4.78 is 0. The van der Waals surface area contributed by atoms with E-state index < -0.39 is 0 Å². The summed E-state index contributed by atoms with van der Waals surface area (Å²) in [6.45, 7) is 0. The lowest BCUT2D eigenvalue weighted by atomic mass is 10.1. The number of nitrogen functional groups attached to an aromatic ring is 1. The van der Waals surface area contributed by atoms with Gasteiger partial charge in [-0.05, 0) is 16.6 Å². The maximum Gasteiger partial charge on any atom is 0.133 e. The minimum Gasteiger partial charge on any atom is -0.322 e. The molecule has 0 aromatic heterocycles. The molecule has 2 aromatic carbocycles. The van der Waals surface area contributed by atoms with E-state index in [0.717, 1.165) is 10.8 Å². The molecule has 0 aliphatic carbocycles. The lowest BCUT2D eigenvalue weighted by molar-refractivity contribution is 1.35. The molecule has 0 saturated carbocycles. The second kappa shape index (κ2) is 3.43. The molecular formula is C10H9N3O. The molecule has 4 heteroatoms. The molecule has 0 unspecified atom stereocenters. The van der Waals surface area contributed by atoms with Crippen molar-refractivity contribution in [2.75, 3.05) is 5.43 Å². The highest BCUT2D eigenvalue weighted by atomic mass is 16.3. The summed E-state index contributed by atoms with van der Waals surface area (Å²) in [5.41, 5.74) is 3.39. The van der Waals surface area contributed by atoms with Crippen molar-refractivity contribution in [2.24, 2.45) is 11.0 Å². The van der Waals surface area contributed by atoms with E-state index in [4.69, 9.17) is 5.84 Å². The van der Waals surface area contributed by atoms with Crippen LogP contribution in [-0.2, 0) is 0 Å². The van der Waals surface area contributed by atoms with Gasteiger partial charge in [-0.25, -0.2) is 0 Å². The van der Waals surface area contributed by atoms with Gasteiger partial charge in [0, 0.05) is 5.39 Å². The summed E-state index contributed by atoms with van der Waals surface area (Å²) in [7, 11) is 0. The third-order valence-corrected chi connectivity index (χ3v) is 2.15. The van der Waals surface area contributed by atoms with Crippen LogP contribution in [0.1, 0.15) is 0 Å². The Balaban J connectivity index is 2.83. The summed E-state index contributed by atoms with van der Waals surface area (Å²) >= 11 is 0. The smallest absolute Gasteiger partial charge is 0.133 e. The van der Waals surface area contributed by atoms with Crippen molar-refractivity contribution in [3.8, 4) is 0 Å². The molecule has 0 fully saturated rings. The van der Waals surface area contributed by atoms with Gasteiger partial charge >= 0.3 is 0 Å². The SMILES string of the molecule is NNc1c(N=O)ccc2ccccc12. The predicted octanol–water partition coefficient (Wildman–Crippen LogP) is 2.52. The van der Waals surface area contributed by atoms with Crippen LogP contribution in [-0.4, -0.2) is 0 Å². The first-order valence-electron chi connectivity index (χ1n) is 4.18. The van der Waals surface area contributed by atoms with Gasteiger partial charge in [0.25, 0.3) is 0 Å². The third kappa shape index (κ3) is 1.22. The Labute approximate surface area is 80.7 Å². The Morgan fingerprint density at radius 1 is 1.14 bits per heavy atom. The van der Waals surface area contributed by atoms with E-state index in [-0.39, 0.29) is 0 Å². The summed E-state index contributed by atoms with van der Waals surface area (Å²) in [4.78, 5) is 10.5. The number of anilines is 1. The average Bonchev–Trinajstić information content (AvgIpc) is 2.27. The molecule has 0 radical (unpaired) electrons. The van der Waals surface area contributed by atoms with Crippen molar-refractivity contribution in [3.63, 3.8) is 0 Å². The number of hydrazine groups is 1. The molecule has 0 saturated heterocycles. The fraction of sp³-hybridized carbons (Fsp3) is 0. The predicted molar refractivity (Wildman–Crippen MR) is 57.2 cm³/mol. The molecule has 14 heavy (non-hydrogen) atoms. The van der Waals surface area contributed by atoms with E-state index in [0.29, 0.717) is 11.4 Å². The Bertz CT molecular complexity index is 482. The van der Waals surface area contributed by atoms with E-state index in [2.05, 4.69) is 10.6 Å². The van der Waals surface area contributed by atoms with Gasteiger partial charge in [0.2, 0.25) is 0 Å². The Morgan fingerprint density at radius 2 is 1.93 bits per heavy atom. The number of nitroso groups, excluding NO2 is 1. The Kier molecular flexibility index (Phi) is 2.12. The summed E-state index contributed by atoms with van der Waals surface area (Å²) in [5, 5.41) is 4.82. The number of benzene rings is 2.